The van der Waals surface area contributed by atoms with Gasteiger partial charge >= 0.3 is 0 Å². The van der Waals surface area contributed by atoms with Gasteiger partial charge in [0, 0.05) is 17.1 Å². The van der Waals surface area contributed by atoms with E-state index in [9.17, 15) is 9.18 Å². The molecule has 1 N–H and O–H groups in total. The van der Waals surface area contributed by atoms with Gasteiger partial charge in [0.25, 0.3) is 0 Å². The Morgan fingerprint density at radius 2 is 2.11 bits per heavy atom. The number of anilines is 1. The zero-order valence-electron chi connectivity index (χ0n) is 10.5. The summed E-state index contributed by atoms with van der Waals surface area (Å²) in [5.74, 6) is -0.362. The first-order chi connectivity index (χ1) is 9.16. The van der Waals surface area contributed by atoms with E-state index >= 15 is 0 Å². The average Bonchev–Trinajstić information content (AvgIpc) is 3.17. The largest absolute Gasteiger partial charge is 0.307 e. The van der Waals surface area contributed by atoms with Crippen molar-refractivity contribution in [2.45, 2.75) is 37.8 Å². The molecule has 1 aliphatic heterocycles. The van der Waals surface area contributed by atoms with Crippen molar-refractivity contribution < 1.29 is 9.18 Å². The van der Waals surface area contributed by atoms with Crippen LogP contribution >= 0.6 is 15.9 Å². The predicted octanol–water partition coefficient (Wildman–Crippen LogP) is 2.84. The SMILES string of the molecule is O=C1C(NC2CC2)CCCN1c1c(F)cccc1Br. The molecule has 1 unspecified atom stereocenters. The molecule has 0 bridgehead atoms. The van der Waals surface area contributed by atoms with E-state index in [1.54, 1.807) is 17.0 Å². The van der Waals surface area contributed by atoms with Gasteiger partial charge in [-0.15, -0.1) is 0 Å². The van der Waals surface area contributed by atoms with Crippen LogP contribution in [0.1, 0.15) is 25.7 Å². The first kappa shape index (κ1) is 13.1. The van der Waals surface area contributed by atoms with E-state index in [1.165, 1.54) is 6.07 Å². The highest BCUT2D eigenvalue weighted by molar-refractivity contribution is 9.10. The van der Waals surface area contributed by atoms with Crippen LogP contribution in [0.4, 0.5) is 10.1 Å². The Morgan fingerprint density at radius 3 is 2.79 bits per heavy atom. The Balaban J connectivity index is 1.84. The zero-order valence-corrected chi connectivity index (χ0v) is 12.1. The van der Waals surface area contributed by atoms with Gasteiger partial charge in [-0.1, -0.05) is 6.07 Å². The van der Waals surface area contributed by atoms with E-state index in [4.69, 9.17) is 0 Å². The van der Waals surface area contributed by atoms with Crippen molar-refractivity contribution in [1.82, 2.24) is 5.32 Å². The second-order valence-corrected chi connectivity index (χ2v) is 6.05. The molecular weight excluding hydrogens is 311 g/mol. The highest BCUT2D eigenvalue weighted by atomic mass is 79.9. The van der Waals surface area contributed by atoms with Gasteiger partial charge in [-0.25, -0.2) is 4.39 Å². The molecule has 0 aromatic heterocycles. The van der Waals surface area contributed by atoms with Crippen LogP contribution in [0.25, 0.3) is 0 Å². The second-order valence-electron chi connectivity index (χ2n) is 5.20. The van der Waals surface area contributed by atoms with Crippen LogP contribution in [-0.4, -0.2) is 24.5 Å². The smallest absolute Gasteiger partial charge is 0.244 e. The van der Waals surface area contributed by atoms with Gasteiger partial charge in [0.05, 0.1) is 11.7 Å². The summed E-state index contributed by atoms with van der Waals surface area (Å²) in [6.45, 7) is 0.585. The minimum absolute atomic E-state index is 0.0102. The molecule has 1 heterocycles. The van der Waals surface area contributed by atoms with Crippen LogP contribution in [0.5, 0.6) is 0 Å². The monoisotopic (exact) mass is 326 g/mol. The lowest BCUT2D eigenvalue weighted by atomic mass is 10.0. The summed E-state index contributed by atoms with van der Waals surface area (Å²) >= 11 is 3.34. The summed E-state index contributed by atoms with van der Waals surface area (Å²) in [5, 5.41) is 3.35. The fourth-order valence-electron chi connectivity index (χ4n) is 2.53. The first-order valence-corrected chi connectivity index (χ1v) is 7.47. The van der Waals surface area contributed by atoms with E-state index in [0.717, 1.165) is 25.7 Å². The van der Waals surface area contributed by atoms with Crippen molar-refractivity contribution in [1.29, 1.82) is 0 Å². The lowest BCUT2D eigenvalue weighted by Gasteiger charge is -2.33. The molecule has 0 radical (unpaired) electrons. The molecule has 19 heavy (non-hydrogen) atoms. The van der Waals surface area contributed by atoms with Crippen LogP contribution in [-0.2, 0) is 4.79 Å². The molecule has 1 amide bonds. The summed E-state index contributed by atoms with van der Waals surface area (Å²) < 4.78 is 14.6. The Morgan fingerprint density at radius 1 is 1.32 bits per heavy atom. The fourth-order valence-corrected chi connectivity index (χ4v) is 3.09. The number of carbonyl (C=O) groups is 1. The highest BCUT2D eigenvalue weighted by Gasteiger charge is 2.35. The number of hydrogen-bond donors (Lipinski definition) is 1. The summed E-state index contributed by atoms with van der Waals surface area (Å²) in [6.07, 6.45) is 4.04. The molecular formula is C14H16BrFN2O. The number of para-hydroxylation sites is 1. The van der Waals surface area contributed by atoms with Gasteiger partial charge in [-0.2, -0.15) is 0 Å². The maximum atomic E-state index is 14.0. The summed E-state index contributed by atoms with van der Waals surface area (Å²) in [7, 11) is 0. The molecule has 2 fully saturated rings. The van der Waals surface area contributed by atoms with Crippen LogP contribution in [0.2, 0.25) is 0 Å². The lowest BCUT2D eigenvalue weighted by molar-refractivity contribution is -0.121. The molecule has 1 aliphatic carbocycles. The van der Waals surface area contributed by atoms with E-state index in [1.807, 2.05) is 0 Å². The number of carbonyl (C=O) groups excluding carboxylic acids is 1. The third-order valence-electron chi connectivity index (χ3n) is 3.66. The third-order valence-corrected chi connectivity index (χ3v) is 4.30. The maximum Gasteiger partial charge on any atom is 0.244 e. The predicted molar refractivity (Wildman–Crippen MR) is 75.6 cm³/mol. The van der Waals surface area contributed by atoms with Gasteiger partial charge in [-0.3, -0.25) is 4.79 Å². The molecule has 1 atom stereocenters. The number of nitrogens with zero attached hydrogens (tertiary/aromatic N) is 1. The molecule has 3 rings (SSSR count). The topological polar surface area (TPSA) is 32.3 Å². The van der Waals surface area contributed by atoms with E-state index in [0.29, 0.717) is 22.7 Å². The van der Waals surface area contributed by atoms with Crippen molar-refractivity contribution >= 4 is 27.5 Å². The summed E-state index contributed by atoms with van der Waals surface area (Å²) in [5.41, 5.74) is 0.370. The van der Waals surface area contributed by atoms with Crippen molar-refractivity contribution in [3.05, 3.63) is 28.5 Å². The van der Waals surface area contributed by atoms with Gasteiger partial charge in [-0.05, 0) is 53.7 Å². The summed E-state index contributed by atoms with van der Waals surface area (Å²) in [4.78, 5) is 14.0. The Hall–Kier alpha value is -0.940. The Kier molecular flexibility index (Phi) is 3.58. The zero-order chi connectivity index (χ0) is 13.4. The molecule has 102 valence electrons. The molecule has 3 nitrogen and oxygen atoms in total. The van der Waals surface area contributed by atoms with Crippen LogP contribution in [0, 0.1) is 5.82 Å². The van der Waals surface area contributed by atoms with Gasteiger partial charge in [0.15, 0.2) is 0 Å². The molecule has 1 saturated carbocycles. The number of halogens is 2. The Labute approximate surface area is 120 Å². The summed E-state index contributed by atoms with van der Waals surface area (Å²) in [6, 6.07) is 5.12. The van der Waals surface area contributed by atoms with Crippen molar-refractivity contribution in [2.75, 3.05) is 11.4 Å². The fraction of sp³-hybridized carbons (Fsp3) is 0.500. The first-order valence-electron chi connectivity index (χ1n) is 6.68. The highest BCUT2D eigenvalue weighted by Crippen LogP contribution is 2.32. The van der Waals surface area contributed by atoms with Crippen molar-refractivity contribution in [3.8, 4) is 0 Å². The molecule has 1 saturated heterocycles. The molecule has 0 spiro atoms. The third kappa shape index (κ3) is 2.67. The van der Waals surface area contributed by atoms with Crippen LogP contribution in [0.15, 0.2) is 22.7 Å². The molecule has 5 heteroatoms. The van der Waals surface area contributed by atoms with Crippen molar-refractivity contribution in [2.24, 2.45) is 0 Å². The second kappa shape index (κ2) is 5.21. The number of hydrogen-bond acceptors (Lipinski definition) is 2. The van der Waals surface area contributed by atoms with Gasteiger partial charge in [0.1, 0.15) is 5.82 Å². The van der Waals surface area contributed by atoms with Crippen LogP contribution in [0.3, 0.4) is 0 Å². The number of piperidine rings is 1. The average molecular weight is 327 g/mol. The molecule has 1 aromatic rings. The maximum absolute atomic E-state index is 14.0. The normalized spacial score (nSPS) is 23.8. The number of benzene rings is 1. The number of nitrogens with one attached hydrogen (secondary N) is 1. The van der Waals surface area contributed by atoms with E-state index < -0.39 is 0 Å². The Bertz CT molecular complexity index is 484. The molecule has 1 aromatic carbocycles. The van der Waals surface area contributed by atoms with E-state index in [-0.39, 0.29) is 17.8 Å². The molecule has 2 aliphatic rings. The van der Waals surface area contributed by atoms with Crippen molar-refractivity contribution in [3.63, 3.8) is 0 Å². The number of rotatable bonds is 3. The van der Waals surface area contributed by atoms with Crippen LogP contribution < -0.4 is 10.2 Å². The standard InChI is InChI=1S/C14H16BrFN2O/c15-10-3-1-4-11(16)13(10)18-8-2-5-12(14(18)19)17-9-6-7-9/h1,3-4,9,12,17H,2,5-8H2. The quantitative estimate of drug-likeness (QED) is 0.926. The lowest BCUT2D eigenvalue weighted by Crippen LogP contribution is -2.51. The number of amides is 1. The minimum Gasteiger partial charge on any atom is -0.307 e. The van der Waals surface area contributed by atoms with Gasteiger partial charge < -0.3 is 10.2 Å². The minimum atomic E-state index is -0.352. The van der Waals surface area contributed by atoms with Gasteiger partial charge in [0.2, 0.25) is 5.91 Å². The van der Waals surface area contributed by atoms with E-state index in [2.05, 4.69) is 21.2 Å².